The van der Waals surface area contributed by atoms with Gasteiger partial charge in [0.15, 0.2) is 0 Å². The maximum atomic E-state index is 6.49. The SMILES string of the molecule is CCCC(OC)c1noc(C2(N)CCC(CC)CC2)n1. The largest absolute Gasteiger partial charge is 0.373 e. The summed E-state index contributed by atoms with van der Waals surface area (Å²) in [6, 6.07) is 0. The van der Waals surface area contributed by atoms with Crippen molar-refractivity contribution in [2.24, 2.45) is 11.7 Å². The molecule has 1 heterocycles. The molecule has 1 unspecified atom stereocenters. The normalized spacial score (nSPS) is 28.5. The highest BCUT2D eigenvalue weighted by atomic mass is 16.5. The van der Waals surface area contributed by atoms with E-state index in [0.717, 1.165) is 44.4 Å². The van der Waals surface area contributed by atoms with Gasteiger partial charge < -0.3 is 15.0 Å². The molecule has 1 aromatic heterocycles. The van der Waals surface area contributed by atoms with Crippen molar-refractivity contribution in [2.75, 3.05) is 7.11 Å². The molecule has 1 aliphatic carbocycles. The van der Waals surface area contributed by atoms with E-state index < -0.39 is 5.54 Å². The van der Waals surface area contributed by atoms with E-state index in [1.807, 2.05) is 0 Å². The van der Waals surface area contributed by atoms with Crippen molar-refractivity contribution >= 4 is 0 Å². The highest BCUT2D eigenvalue weighted by Crippen LogP contribution is 2.38. The third-order valence-corrected chi connectivity index (χ3v) is 4.57. The van der Waals surface area contributed by atoms with Gasteiger partial charge in [0.05, 0.1) is 5.54 Å². The van der Waals surface area contributed by atoms with Gasteiger partial charge in [-0.25, -0.2) is 0 Å². The van der Waals surface area contributed by atoms with Gasteiger partial charge in [-0.15, -0.1) is 0 Å². The second kappa shape index (κ2) is 6.68. The summed E-state index contributed by atoms with van der Waals surface area (Å²) >= 11 is 0. The molecule has 0 bridgehead atoms. The number of hydrogen-bond donors (Lipinski definition) is 1. The highest BCUT2D eigenvalue weighted by Gasteiger charge is 2.38. The third kappa shape index (κ3) is 3.20. The van der Waals surface area contributed by atoms with Crippen molar-refractivity contribution in [3.63, 3.8) is 0 Å². The van der Waals surface area contributed by atoms with Gasteiger partial charge in [0.1, 0.15) is 6.10 Å². The smallest absolute Gasteiger partial charge is 0.246 e. The number of methoxy groups -OCH3 is 1. The zero-order chi connectivity index (χ0) is 14.6. The van der Waals surface area contributed by atoms with Crippen molar-refractivity contribution in [3.05, 3.63) is 11.7 Å². The van der Waals surface area contributed by atoms with Crippen molar-refractivity contribution in [1.82, 2.24) is 10.1 Å². The lowest BCUT2D eigenvalue weighted by Crippen LogP contribution is -2.40. The van der Waals surface area contributed by atoms with Crippen LogP contribution in [0.5, 0.6) is 0 Å². The number of hydrogen-bond acceptors (Lipinski definition) is 5. The summed E-state index contributed by atoms with van der Waals surface area (Å²) < 4.78 is 10.9. The van der Waals surface area contributed by atoms with E-state index in [1.165, 1.54) is 6.42 Å². The van der Waals surface area contributed by atoms with Crippen LogP contribution in [0.2, 0.25) is 0 Å². The van der Waals surface area contributed by atoms with E-state index in [9.17, 15) is 0 Å². The van der Waals surface area contributed by atoms with Gasteiger partial charge in [-0.2, -0.15) is 4.98 Å². The number of aromatic nitrogens is 2. The number of nitrogens with two attached hydrogens (primary N) is 1. The van der Waals surface area contributed by atoms with E-state index in [2.05, 4.69) is 24.0 Å². The maximum Gasteiger partial charge on any atom is 0.246 e. The number of ether oxygens (including phenoxy) is 1. The summed E-state index contributed by atoms with van der Waals surface area (Å²) in [5.41, 5.74) is 6.05. The zero-order valence-corrected chi connectivity index (χ0v) is 12.9. The van der Waals surface area contributed by atoms with E-state index >= 15 is 0 Å². The van der Waals surface area contributed by atoms with Crippen molar-refractivity contribution in [3.8, 4) is 0 Å². The minimum absolute atomic E-state index is 0.0897. The molecule has 1 aromatic rings. The van der Waals surface area contributed by atoms with Crippen LogP contribution in [-0.2, 0) is 10.3 Å². The summed E-state index contributed by atoms with van der Waals surface area (Å²) in [5.74, 6) is 2.01. The predicted octanol–water partition coefficient (Wildman–Crippen LogP) is 3.31. The fraction of sp³-hybridized carbons (Fsp3) is 0.867. The van der Waals surface area contributed by atoms with Crippen molar-refractivity contribution < 1.29 is 9.26 Å². The second-order valence-electron chi connectivity index (χ2n) is 5.98. The predicted molar refractivity (Wildman–Crippen MR) is 77.1 cm³/mol. The molecule has 0 radical (unpaired) electrons. The standard InChI is InChI=1S/C15H27N3O2/c1-4-6-12(19-3)13-17-14(20-18-13)15(16)9-7-11(5-2)8-10-15/h11-12H,4-10,16H2,1-3H3. The average Bonchev–Trinajstić information content (AvgIpc) is 2.96. The summed E-state index contributed by atoms with van der Waals surface area (Å²) in [5, 5.41) is 4.07. The first-order valence-electron chi connectivity index (χ1n) is 7.78. The van der Waals surface area contributed by atoms with Crippen LogP contribution < -0.4 is 5.73 Å². The van der Waals surface area contributed by atoms with Gasteiger partial charge in [0, 0.05) is 7.11 Å². The van der Waals surface area contributed by atoms with E-state index in [-0.39, 0.29) is 6.10 Å². The summed E-state index contributed by atoms with van der Waals surface area (Å²) in [6.45, 7) is 4.36. The molecule has 1 aliphatic rings. The van der Waals surface area contributed by atoms with Crippen LogP contribution in [0.15, 0.2) is 4.52 Å². The Balaban J connectivity index is 2.08. The van der Waals surface area contributed by atoms with Crippen LogP contribution >= 0.6 is 0 Å². The quantitative estimate of drug-likeness (QED) is 0.865. The van der Waals surface area contributed by atoms with Gasteiger partial charge in [0.2, 0.25) is 11.7 Å². The molecular weight excluding hydrogens is 254 g/mol. The van der Waals surface area contributed by atoms with Gasteiger partial charge in [-0.3, -0.25) is 0 Å². The molecule has 0 saturated heterocycles. The van der Waals surface area contributed by atoms with E-state index in [4.69, 9.17) is 15.0 Å². The average molecular weight is 281 g/mol. The van der Waals surface area contributed by atoms with Gasteiger partial charge in [-0.05, 0) is 38.0 Å². The Morgan fingerprint density at radius 1 is 1.40 bits per heavy atom. The van der Waals surface area contributed by atoms with Crippen LogP contribution in [-0.4, -0.2) is 17.3 Å². The van der Waals surface area contributed by atoms with Crippen molar-refractivity contribution in [2.45, 2.75) is 70.4 Å². The summed E-state index contributed by atoms with van der Waals surface area (Å²) in [4.78, 5) is 4.52. The Labute approximate surface area is 121 Å². The Bertz CT molecular complexity index is 411. The molecule has 5 nitrogen and oxygen atoms in total. The second-order valence-corrected chi connectivity index (χ2v) is 5.98. The molecule has 0 spiro atoms. The topological polar surface area (TPSA) is 74.2 Å². The molecule has 114 valence electrons. The first-order valence-corrected chi connectivity index (χ1v) is 7.78. The Hall–Kier alpha value is -0.940. The van der Waals surface area contributed by atoms with Crippen LogP contribution in [0.25, 0.3) is 0 Å². The summed E-state index contributed by atoms with van der Waals surface area (Å²) in [6.07, 6.45) is 7.21. The molecule has 1 atom stereocenters. The first-order chi connectivity index (χ1) is 9.62. The lowest BCUT2D eigenvalue weighted by molar-refractivity contribution is 0.0854. The molecule has 1 saturated carbocycles. The molecule has 1 fully saturated rings. The molecule has 2 N–H and O–H groups in total. The molecule has 2 rings (SSSR count). The Morgan fingerprint density at radius 3 is 2.65 bits per heavy atom. The molecule has 0 aromatic carbocycles. The van der Waals surface area contributed by atoms with Crippen LogP contribution in [0, 0.1) is 5.92 Å². The molecule has 0 amide bonds. The minimum Gasteiger partial charge on any atom is -0.373 e. The highest BCUT2D eigenvalue weighted by molar-refractivity contribution is 5.05. The molecule has 5 heteroatoms. The van der Waals surface area contributed by atoms with Gasteiger partial charge in [-0.1, -0.05) is 31.8 Å². The molecular formula is C15H27N3O2. The molecule has 0 aliphatic heterocycles. The zero-order valence-electron chi connectivity index (χ0n) is 12.9. The number of rotatable bonds is 6. The Morgan fingerprint density at radius 2 is 2.10 bits per heavy atom. The van der Waals surface area contributed by atoms with Gasteiger partial charge in [0.25, 0.3) is 0 Å². The van der Waals surface area contributed by atoms with Crippen molar-refractivity contribution in [1.29, 1.82) is 0 Å². The van der Waals surface area contributed by atoms with E-state index in [1.54, 1.807) is 7.11 Å². The van der Waals surface area contributed by atoms with Crippen LogP contribution in [0.4, 0.5) is 0 Å². The lowest BCUT2D eigenvalue weighted by Gasteiger charge is -2.33. The fourth-order valence-corrected chi connectivity index (χ4v) is 3.00. The Kier molecular flexibility index (Phi) is 5.16. The van der Waals surface area contributed by atoms with Crippen LogP contribution in [0.3, 0.4) is 0 Å². The maximum absolute atomic E-state index is 6.49. The third-order valence-electron chi connectivity index (χ3n) is 4.57. The minimum atomic E-state index is -0.443. The summed E-state index contributed by atoms with van der Waals surface area (Å²) in [7, 11) is 1.68. The fourth-order valence-electron chi connectivity index (χ4n) is 3.00. The van der Waals surface area contributed by atoms with Crippen LogP contribution in [0.1, 0.15) is 76.6 Å². The van der Waals surface area contributed by atoms with E-state index in [0.29, 0.717) is 11.7 Å². The lowest BCUT2D eigenvalue weighted by atomic mass is 9.76. The number of nitrogens with zero attached hydrogens (tertiary/aromatic N) is 2. The monoisotopic (exact) mass is 281 g/mol. The molecule has 20 heavy (non-hydrogen) atoms. The van der Waals surface area contributed by atoms with Gasteiger partial charge >= 0.3 is 0 Å². The first kappa shape index (κ1) is 15.4.